The molecule has 0 aromatic heterocycles. The number of nitro benzene ring substituents is 1. The quantitative estimate of drug-likeness (QED) is 0.606. The lowest BCUT2D eigenvalue weighted by Crippen LogP contribution is -2.25. The zero-order valence-corrected chi connectivity index (χ0v) is 12.2. The second-order valence-electron chi connectivity index (χ2n) is 4.99. The number of benzene rings is 1. The van der Waals surface area contributed by atoms with Gasteiger partial charge in [-0.1, -0.05) is 0 Å². The van der Waals surface area contributed by atoms with E-state index in [1.54, 1.807) is 6.07 Å². The zero-order chi connectivity index (χ0) is 15.2. The van der Waals surface area contributed by atoms with Crippen LogP contribution >= 0.6 is 0 Å². The number of nitro groups is 1. The Bertz CT molecular complexity index is 501. The Morgan fingerprint density at radius 3 is 2.62 bits per heavy atom. The van der Waals surface area contributed by atoms with Crippen molar-refractivity contribution in [2.75, 3.05) is 33.4 Å². The van der Waals surface area contributed by atoms with Gasteiger partial charge in [0.25, 0.3) is 5.69 Å². The molecule has 1 fully saturated rings. The average Bonchev–Trinajstić information content (AvgIpc) is 2.99. The van der Waals surface area contributed by atoms with Crippen LogP contribution in [0.15, 0.2) is 12.1 Å². The Hall–Kier alpha value is -1.86. The van der Waals surface area contributed by atoms with Crippen molar-refractivity contribution in [3.8, 4) is 11.5 Å². The highest BCUT2D eigenvalue weighted by Crippen LogP contribution is 2.34. The number of ether oxygens (including phenoxy) is 2. The number of nitrogens with zero attached hydrogens (tertiary/aromatic N) is 2. The molecule has 2 N–H and O–H groups in total. The van der Waals surface area contributed by atoms with E-state index >= 15 is 0 Å². The lowest BCUT2D eigenvalue weighted by atomic mass is 10.1. The van der Waals surface area contributed by atoms with Crippen LogP contribution in [0.25, 0.3) is 0 Å². The van der Waals surface area contributed by atoms with Crippen LogP contribution < -0.4 is 15.2 Å². The van der Waals surface area contributed by atoms with Gasteiger partial charge in [-0.15, -0.1) is 0 Å². The highest BCUT2D eigenvalue weighted by molar-refractivity contribution is 5.54. The monoisotopic (exact) mass is 295 g/mol. The average molecular weight is 295 g/mol. The van der Waals surface area contributed by atoms with Gasteiger partial charge >= 0.3 is 0 Å². The van der Waals surface area contributed by atoms with E-state index in [1.807, 2.05) is 0 Å². The summed E-state index contributed by atoms with van der Waals surface area (Å²) >= 11 is 0. The molecule has 0 saturated carbocycles. The highest BCUT2D eigenvalue weighted by atomic mass is 16.6. The van der Waals surface area contributed by atoms with Gasteiger partial charge in [-0.2, -0.15) is 0 Å². The maximum absolute atomic E-state index is 11.1. The molecule has 0 unspecified atom stereocenters. The van der Waals surface area contributed by atoms with Gasteiger partial charge in [0.2, 0.25) is 0 Å². The summed E-state index contributed by atoms with van der Waals surface area (Å²) in [7, 11) is 1.51. The number of methoxy groups -OCH3 is 1. The maximum Gasteiger partial charge on any atom is 0.277 e. The van der Waals surface area contributed by atoms with E-state index < -0.39 is 4.92 Å². The number of likely N-dealkylation sites (tertiary alicyclic amines) is 1. The second-order valence-corrected chi connectivity index (χ2v) is 4.99. The molecule has 1 aromatic rings. The van der Waals surface area contributed by atoms with Gasteiger partial charge in [0, 0.05) is 18.7 Å². The first-order valence-corrected chi connectivity index (χ1v) is 7.06. The first kappa shape index (κ1) is 15.5. The van der Waals surface area contributed by atoms with Gasteiger partial charge < -0.3 is 15.2 Å². The van der Waals surface area contributed by atoms with Crippen molar-refractivity contribution in [2.24, 2.45) is 5.73 Å². The Kier molecular flexibility index (Phi) is 5.35. The third kappa shape index (κ3) is 3.83. The Morgan fingerprint density at radius 2 is 2.05 bits per heavy atom. The fourth-order valence-electron chi connectivity index (χ4n) is 2.49. The van der Waals surface area contributed by atoms with Crippen molar-refractivity contribution >= 4 is 5.69 Å². The van der Waals surface area contributed by atoms with E-state index in [0.717, 1.165) is 19.6 Å². The standard InChI is InChI=1S/C14H21N3O4/c1-20-13-8-11(10-15)12(17(18)19)9-14(13)21-7-6-16-4-2-3-5-16/h8-9H,2-7,10,15H2,1H3. The molecular weight excluding hydrogens is 274 g/mol. The van der Waals surface area contributed by atoms with E-state index in [9.17, 15) is 10.1 Å². The minimum atomic E-state index is -0.449. The normalized spacial score (nSPS) is 15.1. The molecule has 7 heteroatoms. The molecule has 1 heterocycles. The summed E-state index contributed by atoms with van der Waals surface area (Å²) in [5.41, 5.74) is 5.94. The molecule has 0 aliphatic carbocycles. The molecule has 1 saturated heterocycles. The van der Waals surface area contributed by atoms with Gasteiger partial charge in [-0.05, 0) is 32.0 Å². The van der Waals surface area contributed by atoms with Gasteiger partial charge in [0.05, 0.1) is 18.1 Å². The van der Waals surface area contributed by atoms with Crippen molar-refractivity contribution in [2.45, 2.75) is 19.4 Å². The maximum atomic E-state index is 11.1. The highest BCUT2D eigenvalue weighted by Gasteiger charge is 2.19. The van der Waals surface area contributed by atoms with Crippen molar-refractivity contribution in [3.05, 3.63) is 27.8 Å². The first-order valence-electron chi connectivity index (χ1n) is 7.06. The molecule has 2 rings (SSSR count). The van der Waals surface area contributed by atoms with Crippen LogP contribution in [0, 0.1) is 10.1 Å². The van der Waals surface area contributed by atoms with Crippen LogP contribution in [-0.2, 0) is 6.54 Å². The lowest BCUT2D eigenvalue weighted by Gasteiger charge is -2.16. The van der Waals surface area contributed by atoms with Gasteiger partial charge in [0.15, 0.2) is 11.5 Å². The molecule has 0 atom stereocenters. The molecule has 0 amide bonds. The summed E-state index contributed by atoms with van der Waals surface area (Å²) in [6, 6.07) is 2.97. The largest absolute Gasteiger partial charge is 0.493 e. The molecule has 0 bridgehead atoms. The van der Waals surface area contributed by atoms with Crippen molar-refractivity contribution in [3.63, 3.8) is 0 Å². The Labute approximate surface area is 123 Å². The molecule has 1 aromatic carbocycles. The van der Waals surface area contributed by atoms with Gasteiger partial charge in [-0.25, -0.2) is 0 Å². The van der Waals surface area contributed by atoms with Crippen molar-refractivity contribution in [1.29, 1.82) is 0 Å². The number of nitrogens with two attached hydrogens (primary N) is 1. The zero-order valence-electron chi connectivity index (χ0n) is 12.2. The molecule has 21 heavy (non-hydrogen) atoms. The van der Waals surface area contributed by atoms with Gasteiger partial charge in [0.1, 0.15) is 6.61 Å². The number of hydrogen-bond acceptors (Lipinski definition) is 6. The molecule has 0 radical (unpaired) electrons. The summed E-state index contributed by atoms with van der Waals surface area (Å²) in [6.07, 6.45) is 2.44. The van der Waals surface area contributed by atoms with Crippen LogP contribution in [0.5, 0.6) is 11.5 Å². The second kappa shape index (κ2) is 7.24. The Balaban J connectivity index is 2.08. The summed E-state index contributed by atoms with van der Waals surface area (Å²) in [4.78, 5) is 12.9. The van der Waals surface area contributed by atoms with E-state index in [-0.39, 0.29) is 12.2 Å². The predicted molar refractivity (Wildman–Crippen MR) is 78.7 cm³/mol. The Morgan fingerprint density at radius 1 is 1.33 bits per heavy atom. The summed E-state index contributed by atoms with van der Waals surface area (Å²) in [5, 5.41) is 11.1. The molecule has 7 nitrogen and oxygen atoms in total. The molecule has 116 valence electrons. The summed E-state index contributed by atoms with van der Waals surface area (Å²) in [5.74, 6) is 0.864. The van der Waals surface area contributed by atoms with E-state index in [1.165, 1.54) is 26.0 Å². The third-order valence-corrected chi connectivity index (χ3v) is 3.65. The van der Waals surface area contributed by atoms with E-state index in [0.29, 0.717) is 23.7 Å². The molecule has 0 spiro atoms. The molecule has 1 aliphatic heterocycles. The van der Waals surface area contributed by atoms with Crippen LogP contribution in [0.1, 0.15) is 18.4 Å². The van der Waals surface area contributed by atoms with E-state index in [2.05, 4.69) is 4.90 Å². The van der Waals surface area contributed by atoms with Crippen molar-refractivity contribution in [1.82, 2.24) is 4.90 Å². The van der Waals surface area contributed by atoms with Crippen LogP contribution in [0.2, 0.25) is 0 Å². The fourth-order valence-corrected chi connectivity index (χ4v) is 2.49. The first-order chi connectivity index (χ1) is 10.2. The van der Waals surface area contributed by atoms with Gasteiger partial charge in [-0.3, -0.25) is 15.0 Å². The van der Waals surface area contributed by atoms with Crippen LogP contribution in [-0.4, -0.2) is 43.2 Å². The van der Waals surface area contributed by atoms with Crippen molar-refractivity contribution < 1.29 is 14.4 Å². The number of rotatable bonds is 7. The molecular formula is C14H21N3O4. The predicted octanol–water partition coefficient (Wildman–Crippen LogP) is 1.54. The van der Waals surface area contributed by atoms with Crippen LogP contribution in [0.4, 0.5) is 5.69 Å². The minimum absolute atomic E-state index is 0.0329. The van der Waals surface area contributed by atoms with E-state index in [4.69, 9.17) is 15.2 Å². The lowest BCUT2D eigenvalue weighted by molar-refractivity contribution is -0.385. The number of hydrogen-bond donors (Lipinski definition) is 1. The summed E-state index contributed by atoms with van der Waals surface area (Å²) < 4.78 is 10.9. The topological polar surface area (TPSA) is 90.9 Å². The third-order valence-electron chi connectivity index (χ3n) is 3.65. The molecule has 1 aliphatic rings. The van der Waals surface area contributed by atoms with Crippen LogP contribution in [0.3, 0.4) is 0 Å². The SMILES string of the molecule is COc1cc(CN)c([N+](=O)[O-])cc1OCCN1CCCC1. The smallest absolute Gasteiger partial charge is 0.277 e. The summed E-state index contributed by atoms with van der Waals surface area (Å²) in [6.45, 7) is 3.56. The fraction of sp³-hybridized carbons (Fsp3) is 0.571. The minimum Gasteiger partial charge on any atom is -0.493 e.